The van der Waals surface area contributed by atoms with Crippen LogP contribution in [-0.2, 0) is 9.47 Å². The van der Waals surface area contributed by atoms with Crippen molar-refractivity contribution in [2.45, 2.75) is 18.9 Å². The summed E-state index contributed by atoms with van der Waals surface area (Å²) in [5, 5.41) is 8.92. The lowest BCUT2D eigenvalue weighted by Crippen LogP contribution is -2.25. The number of alkyl halides is 2. The molecular weight excluding hydrogens is 227 g/mol. The summed E-state index contributed by atoms with van der Waals surface area (Å²) < 4.78 is 10.6. The molecule has 0 aromatic carbocycles. The molecule has 0 rings (SSSR count). The lowest BCUT2D eigenvalue weighted by atomic mass is 10.4. The van der Waals surface area contributed by atoms with Gasteiger partial charge in [0.05, 0.1) is 13.2 Å². The summed E-state index contributed by atoms with van der Waals surface area (Å²) in [4.78, 5) is 0. The summed E-state index contributed by atoms with van der Waals surface area (Å²) in [6, 6.07) is 0. The van der Waals surface area contributed by atoms with Crippen molar-refractivity contribution in [3.63, 3.8) is 0 Å². The van der Waals surface area contributed by atoms with E-state index in [1.165, 1.54) is 0 Å². The van der Waals surface area contributed by atoms with Crippen LogP contribution < -0.4 is 0 Å². The van der Waals surface area contributed by atoms with E-state index < -0.39 is 0 Å². The first-order chi connectivity index (χ1) is 6.85. The Labute approximate surface area is 95.3 Å². The number of aliphatic hydroxyl groups is 1. The molecule has 5 heteroatoms. The van der Waals surface area contributed by atoms with Gasteiger partial charge in [-0.15, -0.1) is 23.2 Å². The maximum atomic E-state index is 8.92. The number of hydrogen-bond acceptors (Lipinski definition) is 3. The van der Waals surface area contributed by atoms with E-state index >= 15 is 0 Å². The summed E-state index contributed by atoms with van der Waals surface area (Å²) in [7, 11) is 0. The fourth-order valence-corrected chi connectivity index (χ4v) is 1.05. The third-order valence-electron chi connectivity index (χ3n) is 1.56. The van der Waals surface area contributed by atoms with Crippen molar-refractivity contribution in [2.75, 3.05) is 38.2 Å². The van der Waals surface area contributed by atoms with Crippen LogP contribution in [0, 0.1) is 0 Å². The maximum Gasteiger partial charge on any atom is 0.104 e. The first-order valence-electron chi connectivity index (χ1n) is 4.77. The Morgan fingerprint density at radius 1 is 1.07 bits per heavy atom. The van der Waals surface area contributed by atoms with Crippen LogP contribution in [0.25, 0.3) is 0 Å². The molecule has 0 amide bonds. The highest BCUT2D eigenvalue weighted by Gasteiger charge is 2.06. The van der Waals surface area contributed by atoms with E-state index in [9.17, 15) is 0 Å². The SMILES string of the molecule is OCC(COCCCCl)OCCCCl. The average Bonchev–Trinajstić information content (AvgIpc) is 2.22. The Hall–Kier alpha value is 0.460. The van der Waals surface area contributed by atoms with Gasteiger partial charge in [0, 0.05) is 25.0 Å². The molecule has 14 heavy (non-hydrogen) atoms. The molecule has 86 valence electrons. The molecule has 0 spiro atoms. The molecule has 0 aromatic rings. The molecule has 0 radical (unpaired) electrons. The zero-order chi connectivity index (χ0) is 10.6. The summed E-state index contributed by atoms with van der Waals surface area (Å²) in [6.07, 6.45) is 1.37. The van der Waals surface area contributed by atoms with Crippen LogP contribution in [0.15, 0.2) is 0 Å². The number of aliphatic hydroxyl groups excluding tert-OH is 1. The second-order valence-corrected chi connectivity index (χ2v) is 3.59. The van der Waals surface area contributed by atoms with Crippen molar-refractivity contribution in [1.29, 1.82) is 0 Å². The van der Waals surface area contributed by atoms with Gasteiger partial charge in [0.15, 0.2) is 0 Å². The van der Waals surface area contributed by atoms with Gasteiger partial charge in [-0.25, -0.2) is 0 Å². The Morgan fingerprint density at radius 3 is 2.29 bits per heavy atom. The zero-order valence-electron chi connectivity index (χ0n) is 8.25. The van der Waals surface area contributed by atoms with Crippen molar-refractivity contribution in [3.8, 4) is 0 Å². The normalized spacial score (nSPS) is 13.1. The average molecular weight is 245 g/mol. The van der Waals surface area contributed by atoms with Gasteiger partial charge >= 0.3 is 0 Å². The van der Waals surface area contributed by atoms with Gasteiger partial charge in [0.25, 0.3) is 0 Å². The van der Waals surface area contributed by atoms with E-state index in [-0.39, 0.29) is 12.7 Å². The first-order valence-corrected chi connectivity index (χ1v) is 5.84. The lowest BCUT2D eigenvalue weighted by molar-refractivity contribution is -0.0416. The molecule has 0 heterocycles. The van der Waals surface area contributed by atoms with Crippen LogP contribution in [0.2, 0.25) is 0 Å². The number of rotatable bonds is 10. The highest BCUT2D eigenvalue weighted by molar-refractivity contribution is 6.18. The summed E-state index contributed by atoms with van der Waals surface area (Å²) in [5.41, 5.74) is 0. The van der Waals surface area contributed by atoms with Gasteiger partial charge in [-0.3, -0.25) is 0 Å². The van der Waals surface area contributed by atoms with Crippen molar-refractivity contribution < 1.29 is 14.6 Å². The summed E-state index contributed by atoms with van der Waals surface area (Å²) in [6.45, 7) is 1.56. The molecule has 0 aromatic heterocycles. The van der Waals surface area contributed by atoms with Gasteiger partial charge in [-0.2, -0.15) is 0 Å². The van der Waals surface area contributed by atoms with Crippen LogP contribution in [0.1, 0.15) is 12.8 Å². The van der Waals surface area contributed by atoms with Crippen LogP contribution in [0.5, 0.6) is 0 Å². The monoisotopic (exact) mass is 244 g/mol. The van der Waals surface area contributed by atoms with Crippen LogP contribution in [0.4, 0.5) is 0 Å². The van der Waals surface area contributed by atoms with Crippen molar-refractivity contribution >= 4 is 23.2 Å². The van der Waals surface area contributed by atoms with E-state index in [0.29, 0.717) is 31.6 Å². The largest absolute Gasteiger partial charge is 0.394 e. The van der Waals surface area contributed by atoms with E-state index in [1.54, 1.807) is 0 Å². The molecule has 3 nitrogen and oxygen atoms in total. The molecule has 0 aliphatic heterocycles. The van der Waals surface area contributed by atoms with Gasteiger partial charge in [0.1, 0.15) is 6.10 Å². The van der Waals surface area contributed by atoms with Crippen LogP contribution >= 0.6 is 23.2 Å². The Kier molecular flexibility index (Phi) is 11.9. The van der Waals surface area contributed by atoms with Gasteiger partial charge in [-0.05, 0) is 12.8 Å². The smallest absolute Gasteiger partial charge is 0.104 e. The van der Waals surface area contributed by atoms with Gasteiger partial charge < -0.3 is 14.6 Å². The zero-order valence-corrected chi connectivity index (χ0v) is 9.77. The third-order valence-corrected chi connectivity index (χ3v) is 2.10. The number of halogens is 2. The molecule has 0 bridgehead atoms. The number of hydrogen-bond donors (Lipinski definition) is 1. The highest BCUT2D eigenvalue weighted by atomic mass is 35.5. The Morgan fingerprint density at radius 2 is 1.71 bits per heavy atom. The molecule has 0 saturated heterocycles. The predicted octanol–water partition coefficient (Wildman–Crippen LogP) is 1.64. The van der Waals surface area contributed by atoms with E-state index in [0.717, 1.165) is 12.8 Å². The van der Waals surface area contributed by atoms with E-state index in [1.807, 2.05) is 0 Å². The second-order valence-electron chi connectivity index (χ2n) is 2.84. The molecule has 1 unspecified atom stereocenters. The summed E-state index contributed by atoms with van der Waals surface area (Å²) in [5.74, 6) is 1.17. The maximum absolute atomic E-state index is 8.92. The minimum atomic E-state index is -0.242. The van der Waals surface area contributed by atoms with Gasteiger partial charge in [-0.1, -0.05) is 0 Å². The fraction of sp³-hybridized carbons (Fsp3) is 1.00. The highest BCUT2D eigenvalue weighted by Crippen LogP contribution is 1.96. The first kappa shape index (κ1) is 14.5. The topological polar surface area (TPSA) is 38.7 Å². The van der Waals surface area contributed by atoms with Crippen molar-refractivity contribution in [1.82, 2.24) is 0 Å². The Bertz CT molecular complexity index is 114. The molecule has 0 aliphatic rings. The van der Waals surface area contributed by atoms with Crippen molar-refractivity contribution in [2.24, 2.45) is 0 Å². The lowest BCUT2D eigenvalue weighted by Gasteiger charge is -2.15. The van der Waals surface area contributed by atoms with Crippen LogP contribution in [0.3, 0.4) is 0 Å². The molecule has 1 atom stereocenters. The number of ether oxygens (including phenoxy) is 2. The summed E-state index contributed by atoms with van der Waals surface area (Å²) >= 11 is 11.0. The van der Waals surface area contributed by atoms with E-state index in [2.05, 4.69) is 0 Å². The molecule has 1 N–H and O–H groups in total. The predicted molar refractivity (Wildman–Crippen MR) is 58.3 cm³/mol. The van der Waals surface area contributed by atoms with E-state index in [4.69, 9.17) is 37.8 Å². The Balaban J connectivity index is 3.28. The minimum Gasteiger partial charge on any atom is -0.394 e. The molecule has 0 fully saturated rings. The van der Waals surface area contributed by atoms with Crippen molar-refractivity contribution in [3.05, 3.63) is 0 Å². The second kappa shape index (κ2) is 11.5. The minimum absolute atomic E-state index is 0.0246. The molecular formula is C9H18Cl2O3. The third kappa shape index (κ3) is 9.03. The quantitative estimate of drug-likeness (QED) is 0.469. The standard InChI is InChI=1S/C9H18Cl2O3/c10-3-1-5-13-8-9(7-12)14-6-2-4-11/h9,12H,1-8H2. The fourth-order valence-electron chi connectivity index (χ4n) is 0.829. The molecule has 0 aliphatic carbocycles. The van der Waals surface area contributed by atoms with Gasteiger partial charge in [0.2, 0.25) is 0 Å². The molecule has 0 saturated carbocycles. The van der Waals surface area contributed by atoms with Crippen LogP contribution in [-0.4, -0.2) is 49.4 Å².